The molecular formula is C13H9F5N2. The van der Waals surface area contributed by atoms with Crippen LogP contribution in [-0.4, -0.2) is 4.98 Å². The zero-order valence-corrected chi connectivity index (χ0v) is 10.3. The summed E-state index contributed by atoms with van der Waals surface area (Å²) in [6.45, 7) is 1.54. The summed E-state index contributed by atoms with van der Waals surface area (Å²) >= 11 is 0. The Labute approximate surface area is 111 Å². The van der Waals surface area contributed by atoms with Crippen LogP contribution in [0.3, 0.4) is 0 Å². The number of hydrogen-bond acceptors (Lipinski definition) is 2. The van der Waals surface area contributed by atoms with Crippen molar-refractivity contribution in [2.24, 2.45) is 0 Å². The summed E-state index contributed by atoms with van der Waals surface area (Å²) < 4.78 is 65.6. The van der Waals surface area contributed by atoms with E-state index in [1.54, 1.807) is 25.1 Å². The van der Waals surface area contributed by atoms with E-state index in [1.165, 1.54) is 0 Å². The van der Waals surface area contributed by atoms with Crippen LogP contribution in [0.5, 0.6) is 0 Å². The van der Waals surface area contributed by atoms with Crippen molar-refractivity contribution in [1.29, 1.82) is 0 Å². The van der Waals surface area contributed by atoms with Crippen molar-refractivity contribution in [3.8, 4) is 0 Å². The standard InChI is InChI=1S/C13H9F5N2/c1-6-3-2-4-7(20-6)5-19-13-11(17)9(15)8(14)10(16)12(13)18/h2-4,19H,5H2,1H3. The number of benzene rings is 1. The second-order valence-corrected chi connectivity index (χ2v) is 4.07. The van der Waals surface area contributed by atoms with E-state index < -0.39 is 34.8 Å². The molecule has 1 aromatic carbocycles. The Morgan fingerprint density at radius 1 is 0.900 bits per heavy atom. The smallest absolute Gasteiger partial charge is 0.200 e. The fourth-order valence-electron chi connectivity index (χ4n) is 1.64. The van der Waals surface area contributed by atoms with E-state index in [0.29, 0.717) is 11.4 Å². The van der Waals surface area contributed by atoms with E-state index >= 15 is 0 Å². The molecule has 0 bridgehead atoms. The molecule has 1 heterocycles. The quantitative estimate of drug-likeness (QED) is 0.529. The van der Waals surface area contributed by atoms with Gasteiger partial charge in [0, 0.05) is 5.69 Å². The van der Waals surface area contributed by atoms with Crippen molar-refractivity contribution < 1.29 is 22.0 Å². The van der Waals surface area contributed by atoms with Gasteiger partial charge in [-0.05, 0) is 19.1 Å². The molecule has 0 aliphatic rings. The Kier molecular flexibility index (Phi) is 3.87. The van der Waals surface area contributed by atoms with Gasteiger partial charge in [0.1, 0.15) is 5.69 Å². The number of aryl methyl sites for hydroxylation is 1. The summed E-state index contributed by atoms with van der Waals surface area (Å²) in [6.07, 6.45) is 0. The van der Waals surface area contributed by atoms with Crippen LogP contribution in [-0.2, 0) is 6.54 Å². The number of aromatic nitrogens is 1. The lowest BCUT2D eigenvalue weighted by atomic mass is 10.2. The summed E-state index contributed by atoms with van der Waals surface area (Å²) in [6, 6.07) is 4.94. The van der Waals surface area contributed by atoms with E-state index in [1.807, 2.05) is 0 Å². The predicted octanol–water partition coefficient (Wildman–Crippen LogP) is 3.70. The molecule has 0 spiro atoms. The first-order valence-electron chi connectivity index (χ1n) is 5.59. The van der Waals surface area contributed by atoms with Crippen LogP contribution in [0.1, 0.15) is 11.4 Å². The second-order valence-electron chi connectivity index (χ2n) is 4.07. The average Bonchev–Trinajstić information content (AvgIpc) is 2.43. The Morgan fingerprint density at radius 2 is 1.45 bits per heavy atom. The molecule has 7 heteroatoms. The highest BCUT2D eigenvalue weighted by Crippen LogP contribution is 2.27. The van der Waals surface area contributed by atoms with Gasteiger partial charge in [-0.15, -0.1) is 0 Å². The third-order valence-electron chi connectivity index (χ3n) is 2.60. The van der Waals surface area contributed by atoms with Crippen molar-refractivity contribution in [3.63, 3.8) is 0 Å². The molecule has 1 aromatic heterocycles. The monoisotopic (exact) mass is 288 g/mol. The summed E-state index contributed by atoms with van der Waals surface area (Å²) in [5, 5.41) is 2.17. The molecule has 0 saturated carbocycles. The van der Waals surface area contributed by atoms with Gasteiger partial charge in [-0.2, -0.15) is 0 Å². The molecule has 0 aliphatic heterocycles. The zero-order chi connectivity index (χ0) is 14.9. The number of rotatable bonds is 3. The minimum atomic E-state index is -2.18. The van der Waals surface area contributed by atoms with Gasteiger partial charge in [0.15, 0.2) is 23.3 Å². The van der Waals surface area contributed by atoms with Gasteiger partial charge in [0.25, 0.3) is 0 Å². The van der Waals surface area contributed by atoms with Gasteiger partial charge in [-0.1, -0.05) is 6.07 Å². The van der Waals surface area contributed by atoms with Gasteiger partial charge < -0.3 is 5.32 Å². The number of nitrogens with zero attached hydrogens (tertiary/aromatic N) is 1. The van der Waals surface area contributed by atoms with Crippen molar-refractivity contribution in [2.45, 2.75) is 13.5 Å². The van der Waals surface area contributed by atoms with Gasteiger partial charge in [0.05, 0.1) is 12.2 Å². The fraction of sp³-hybridized carbons (Fsp3) is 0.154. The van der Waals surface area contributed by atoms with E-state index in [-0.39, 0.29) is 6.54 Å². The number of hydrogen-bond donors (Lipinski definition) is 1. The molecule has 20 heavy (non-hydrogen) atoms. The molecule has 0 aliphatic carbocycles. The minimum Gasteiger partial charge on any atom is -0.374 e. The van der Waals surface area contributed by atoms with Gasteiger partial charge in [-0.3, -0.25) is 4.98 Å². The first-order chi connectivity index (χ1) is 9.41. The Balaban J connectivity index is 2.30. The molecule has 0 saturated heterocycles. The summed E-state index contributed by atoms with van der Waals surface area (Å²) in [4.78, 5) is 4.04. The maximum absolute atomic E-state index is 13.4. The molecule has 0 radical (unpaired) electrons. The van der Waals surface area contributed by atoms with Crippen LogP contribution < -0.4 is 5.32 Å². The van der Waals surface area contributed by atoms with Crippen LogP contribution in [0.2, 0.25) is 0 Å². The van der Waals surface area contributed by atoms with Crippen molar-refractivity contribution in [2.75, 3.05) is 5.32 Å². The Hall–Kier alpha value is -2.18. The summed E-state index contributed by atoms with van der Waals surface area (Å²) in [7, 11) is 0. The van der Waals surface area contributed by atoms with E-state index in [4.69, 9.17) is 0 Å². The van der Waals surface area contributed by atoms with E-state index in [2.05, 4.69) is 10.3 Å². The third-order valence-corrected chi connectivity index (χ3v) is 2.60. The van der Waals surface area contributed by atoms with Crippen LogP contribution in [0.15, 0.2) is 18.2 Å². The van der Waals surface area contributed by atoms with Crippen LogP contribution >= 0.6 is 0 Å². The van der Waals surface area contributed by atoms with Crippen LogP contribution in [0, 0.1) is 36.0 Å². The van der Waals surface area contributed by atoms with Gasteiger partial charge in [-0.25, -0.2) is 22.0 Å². The van der Waals surface area contributed by atoms with Crippen LogP contribution in [0.25, 0.3) is 0 Å². The lowest BCUT2D eigenvalue weighted by molar-refractivity contribution is 0.381. The lowest BCUT2D eigenvalue weighted by Crippen LogP contribution is -2.10. The third kappa shape index (κ3) is 2.56. The normalized spacial score (nSPS) is 10.7. The molecule has 2 aromatic rings. The Morgan fingerprint density at radius 3 is 2.00 bits per heavy atom. The summed E-state index contributed by atoms with van der Waals surface area (Å²) in [5.41, 5.74) is 0.0142. The van der Waals surface area contributed by atoms with Crippen molar-refractivity contribution >= 4 is 5.69 Å². The first kappa shape index (κ1) is 14.2. The molecular weight excluding hydrogens is 279 g/mol. The molecule has 2 nitrogen and oxygen atoms in total. The van der Waals surface area contributed by atoms with Crippen molar-refractivity contribution in [1.82, 2.24) is 4.98 Å². The predicted molar refractivity (Wildman–Crippen MR) is 62.5 cm³/mol. The lowest BCUT2D eigenvalue weighted by Gasteiger charge is -2.10. The average molecular weight is 288 g/mol. The molecule has 0 amide bonds. The zero-order valence-electron chi connectivity index (χ0n) is 10.3. The minimum absolute atomic E-state index is 0.167. The first-order valence-corrected chi connectivity index (χ1v) is 5.59. The SMILES string of the molecule is Cc1cccc(CNc2c(F)c(F)c(F)c(F)c2F)n1. The fourth-order valence-corrected chi connectivity index (χ4v) is 1.64. The number of anilines is 1. The highest BCUT2D eigenvalue weighted by Gasteiger charge is 2.25. The maximum Gasteiger partial charge on any atom is 0.200 e. The molecule has 1 N–H and O–H groups in total. The van der Waals surface area contributed by atoms with E-state index in [9.17, 15) is 22.0 Å². The topological polar surface area (TPSA) is 24.9 Å². The molecule has 106 valence electrons. The highest BCUT2D eigenvalue weighted by atomic mass is 19.2. The summed E-state index contributed by atoms with van der Waals surface area (Å²) in [5.74, 6) is -9.94. The van der Waals surface area contributed by atoms with E-state index in [0.717, 1.165) is 0 Å². The maximum atomic E-state index is 13.4. The molecule has 0 atom stereocenters. The van der Waals surface area contributed by atoms with Gasteiger partial charge in [0.2, 0.25) is 5.82 Å². The number of nitrogens with one attached hydrogen (secondary N) is 1. The number of halogens is 5. The second kappa shape index (κ2) is 5.44. The molecule has 0 unspecified atom stereocenters. The van der Waals surface area contributed by atoms with Crippen LogP contribution in [0.4, 0.5) is 27.6 Å². The highest BCUT2D eigenvalue weighted by molar-refractivity contribution is 5.47. The Bertz CT molecular complexity index is 628. The molecule has 0 fully saturated rings. The van der Waals surface area contributed by atoms with Crippen molar-refractivity contribution in [3.05, 3.63) is 58.7 Å². The number of pyridine rings is 1. The molecule has 2 rings (SSSR count). The van der Waals surface area contributed by atoms with Gasteiger partial charge >= 0.3 is 0 Å². The largest absolute Gasteiger partial charge is 0.374 e.